The molecule has 0 saturated carbocycles. The van der Waals surface area contributed by atoms with Gasteiger partial charge < -0.3 is 24.6 Å². The number of nitrogens with one attached hydrogen (secondary N) is 2. The van der Waals surface area contributed by atoms with Crippen molar-refractivity contribution in [3.05, 3.63) is 53.6 Å². The third-order valence-electron chi connectivity index (χ3n) is 3.88. The van der Waals surface area contributed by atoms with E-state index in [1.807, 2.05) is 0 Å². The lowest BCUT2D eigenvalue weighted by Crippen LogP contribution is -2.35. The number of hydrazone groups is 1. The molecule has 0 bridgehead atoms. The summed E-state index contributed by atoms with van der Waals surface area (Å²) in [6.07, 6.45) is 1.32. The average molecular weight is 413 g/mol. The molecule has 3 rings (SSSR count). The van der Waals surface area contributed by atoms with Crippen molar-refractivity contribution in [2.24, 2.45) is 5.10 Å². The molecule has 0 atom stereocenters. The van der Waals surface area contributed by atoms with E-state index in [1.165, 1.54) is 6.21 Å². The Morgan fingerprint density at radius 3 is 2.67 bits per heavy atom. The zero-order chi connectivity index (χ0) is 21.3. The minimum Gasteiger partial charge on any atom is -0.486 e. The largest absolute Gasteiger partial charge is 0.486 e. The topological polar surface area (TPSA) is 136 Å². The molecule has 0 spiro atoms. The first-order valence-electron chi connectivity index (χ1n) is 8.96. The van der Waals surface area contributed by atoms with Gasteiger partial charge in [-0.15, -0.1) is 0 Å². The Kier molecular flexibility index (Phi) is 6.83. The van der Waals surface area contributed by atoms with Crippen LogP contribution in [0.2, 0.25) is 0 Å². The zero-order valence-corrected chi connectivity index (χ0v) is 15.8. The molecule has 2 aromatic carbocycles. The van der Waals surface area contributed by atoms with Gasteiger partial charge in [-0.25, -0.2) is 10.2 Å². The van der Waals surface area contributed by atoms with Gasteiger partial charge >= 0.3 is 5.97 Å². The van der Waals surface area contributed by atoms with Crippen molar-refractivity contribution in [3.8, 4) is 17.2 Å². The molecule has 1 aliphatic heterocycles. The smallest absolute Gasteiger partial charge is 0.341 e. The molecule has 0 radical (unpaired) electrons. The molecule has 0 fully saturated rings. The second kappa shape index (κ2) is 9.92. The molecule has 30 heavy (non-hydrogen) atoms. The maximum atomic E-state index is 12.2. The highest BCUT2D eigenvalue weighted by Gasteiger charge is 2.15. The van der Waals surface area contributed by atoms with Gasteiger partial charge in [0.15, 0.2) is 18.1 Å². The van der Waals surface area contributed by atoms with Crippen molar-refractivity contribution in [3.63, 3.8) is 0 Å². The van der Waals surface area contributed by atoms with Crippen LogP contribution in [0.15, 0.2) is 47.6 Å². The molecule has 1 aliphatic rings. The minimum atomic E-state index is -1.11. The summed E-state index contributed by atoms with van der Waals surface area (Å²) in [5.41, 5.74) is 3.10. The van der Waals surface area contributed by atoms with Gasteiger partial charge in [0.25, 0.3) is 11.8 Å². The number of benzene rings is 2. The number of rotatable bonds is 8. The highest BCUT2D eigenvalue weighted by atomic mass is 16.6. The SMILES string of the molecule is O=C(O)COc1ccccc1/C=N\NC(=O)CNC(=O)c1ccc2c(c1)OCCO2. The zero-order valence-electron chi connectivity index (χ0n) is 15.8. The van der Waals surface area contributed by atoms with Crippen molar-refractivity contribution in [2.45, 2.75) is 0 Å². The van der Waals surface area contributed by atoms with E-state index in [2.05, 4.69) is 15.8 Å². The molecule has 156 valence electrons. The van der Waals surface area contributed by atoms with Crippen LogP contribution in [0.3, 0.4) is 0 Å². The average Bonchev–Trinajstić information content (AvgIpc) is 2.76. The van der Waals surface area contributed by atoms with Gasteiger partial charge in [-0.05, 0) is 30.3 Å². The predicted molar refractivity (Wildman–Crippen MR) is 105 cm³/mol. The summed E-state index contributed by atoms with van der Waals surface area (Å²) in [5, 5.41) is 15.0. The highest BCUT2D eigenvalue weighted by Crippen LogP contribution is 2.30. The van der Waals surface area contributed by atoms with E-state index in [0.29, 0.717) is 41.6 Å². The molecule has 10 nitrogen and oxygen atoms in total. The van der Waals surface area contributed by atoms with E-state index in [0.717, 1.165) is 0 Å². The van der Waals surface area contributed by atoms with E-state index in [4.69, 9.17) is 19.3 Å². The van der Waals surface area contributed by atoms with Crippen LogP contribution in [0.25, 0.3) is 0 Å². The fourth-order valence-electron chi connectivity index (χ4n) is 2.52. The van der Waals surface area contributed by atoms with E-state index in [9.17, 15) is 14.4 Å². The number of ether oxygens (including phenoxy) is 3. The molecular formula is C20H19N3O7. The van der Waals surface area contributed by atoms with Gasteiger partial charge in [0, 0.05) is 11.1 Å². The number of hydrogen-bond donors (Lipinski definition) is 3. The predicted octanol–water partition coefficient (Wildman–Crippen LogP) is 0.801. The number of nitrogens with zero attached hydrogens (tertiary/aromatic N) is 1. The summed E-state index contributed by atoms with van der Waals surface area (Å²) in [6.45, 7) is 0.0726. The molecule has 1 heterocycles. The number of carboxylic acid groups (broad SMARTS) is 1. The fraction of sp³-hybridized carbons (Fsp3) is 0.200. The molecule has 2 amide bonds. The van der Waals surface area contributed by atoms with Gasteiger partial charge in [-0.2, -0.15) is 5.10 Å². The summed E-state index contributed by atoms with van der Waals surface area (Å²) < 4.78 is 16.0. The van der Waals surface area contributed by atoms with E-state index < -0.39 is 24.4 Å². The number of carbonyl (C=O) groups is 3. The van der Waals surface area contributed by atoms with E-state index in [-0.39, 0.29) is 6.54 Å². The first kappa shape index (κ1) is 20.6. The van der Waals surface area contributed by atoms with Crippen LogP contribution in [-0.4, -0.2) is 55.5 Å². The number of aliphatic carboxylic acids is 1. The first-order valence-corrected chi connectivity index (χ1v) is 8.96. The molecule has 0 aromatic heterocycles. The molecule has 0 unspecified atom stereocenters. The molecule has 2 aromatic rings. The van der Waals surface area contributed by atoms with Crippen molar-refractivity contribution < 1.29 is 33.7 Å². The highest BCUT2D eigenvalue weighted by molar-refractivity contribution is 5.97. The lowest BCUT2D eigenvalue weighted by Gasteiger charge is -2.18. The lowest BCUT2D eigenvalue weighted by molar-refractivity contribution is -0.139. The summed E-state index contributed by atoms with van der Waals surface area (Å²) in [5.74, 6) is -0.738. The van der Waals surface area contributed by atoms with E-state index >= 15 is 0 Å². The molecule has 3 N–H and O–H groups in total. The number of amides is 2. The Bertz CT molecular complexity index is 975. The Balaban J connectivity index is 1.49. The monoisotopic (exact) mass is 413 g/mol. The number of hydrogen-bond acceptors (Lipinski definition) is 7. The van der Waals surface area contributed by atoms with Gasteiger partial charge in [-0.1, -0.05) is 12.1 Å². The number of carboxylic acids is 1. The van der Waals surface area contributed by atoms with Crippen molar-refractivity contribution in [2.75, 3.05) is 26.4 Å². The van der Waals surface area contributed by atoms with Crippen LogP contribution >= 0.6 is 0 Å². The van der Waals surface area contributed by atoms with Crippen molar-refractivity contribution in [1.29, 1.82) is 0 Å². The Morgan fingerprint density at radius 1 is 1.10 bits per heavy atom. The molecule has 0 saturated heterocycles. The minimum absolute atomic E-state index is 0.290. The molecule has 10 heteroatoms. The number of carbonyl (C=O) groups excluding carboxylic acids is 2. The van der Waals surface area contributed by atoms with Gasteiger partial charge in [0.2, 0.25) is 0 Å². The standard InChI is InChI=1S/C20H19N3O7/c24-18(23-22-10-14-3-1-2-4-15(14)30-12-19(25)26)11-21-20(27)13-5-6-16-17(9-13)29-8-7-28-16/h1-6,9-10H,7-8,11-12H2,(H,21,27)(H,23,24)(H,25,26)/b22-10-. The summed E-state index contributed by atoms with van der Waals surface area (Å²) >= 11 is 0. The number of fused-ring (bicyclic) bond motifs is 1. The summed E-state index contributed by atoms with van der Waals surface area (Å²) in [4.78, 5) is 34.7. The maximum absolute atomic E-state index is 12.2. The van der Waals surface area contributed by atoms with Gasteiger partial charge in [-0.3, -0.25) is 9.59 Å². The van der Waals surface area contributed by atoms with Crippen LogP contribution in [0.4, 0.5) is 0 Å². The normalized spacial score (nSPS) is 12.3. The van der Waals surface area contributed by atoms with Gasteiger partial charge in [0.05, 0.1) is 12.8 Å². The second-order valence-corrected chi connectivity index (χ2v) is 6.05. The van der Waals surface area contributed by atoms with Crippen LogP contribution in [0, 0.1) is 0 Å². The quantitative estimate of drug-likeness (QED) is 0.430. The molecular weight excluding hydrogens is 394 g/mol. The van der Waals surface area contributed by atoms with Crippen LogP contribution in [0.5, 0.6) is 17.2 Å². The first-order chi connectivity index (χ1) is 14.5. The van der Waals surface area contributed by atoms with Crippen molar-refractivity contribution in [1.82, 2.24) is 10.7 Å². The third kappa shape index (κ3) is 5.71. The van der Waals surface area contributed by atoms with Gasteiger partial charge in [0.1, 0.15) is 19.0 Å². The maximum Gasteiger partial charge on any atom is 0.341 e. The van der Waals surface area contributed by atoms with Crippen LogP contribution in [-0.2, 0) is 9.59 Å². The van der Waals surface area contributed by atoms with Crippen LogP contribution < -0.4 is 25.0 Å². The summed E-state index contributed by atoms with van der Waals surface area (Å²) in [6, 6.07) is 11.4. The summed E-state index contributed by atoms with van der Waals surface area (Å²) in [7, 11) is 0. The Morgan fingerprint density at radius 2 is 1.87 bits per heavy atom. The molecule has 0 aliphatic carbocycles. The Labute approximate surface area is 171 Å². The Hall–Kier alpha value is -4.08. The van der Waals surface area contributed by atoms with Crippen LogP contribution in [0.1, 0.15) is 15.9 Å². The second-order valence-electron chi connectivity index (χ2n) is 6.05. The lowest BCUT2D eigenvalue weighted by atomic mass is 10.2. The number of para-hydroxylation sites is 1. The third-order valence-corrected chi connectivity index (χ3v) is 3.88. The van der Waals surface area contributed by atoms with Crippen molar-refractivity contribution >= 4 is 24.0 Å². The fourth-order valence-corrected chi connectivity index (χ4v) is 2.52. The van der Waals surface area contributed by atoms with E-state index in [1.54, 1.807) is 42.5 Å².